The maximum atomic E-state index is 9.34. The summed E-state index contributed by atoms with van der Waals surface area (Å²) in [7, 11) is 3.03. The molecular formula is C14H12Cl2O2S2. The molecule has 2 rings (SSSR count). The van der Waals surface area contributed by atoms with Gasteiger partial charge in [0.1, 0.15) is 0 Å². The molecule has 0 atom stereocenters. The van der Waals surface area contributed by atoms with Crippen LogP contribution >= 0.6 is 44.8 Å². The van der Waals surface area contributed by atoms with E-state index in [9.17, 15) is 10.2 Å². The number of aliphatic hydroxyl groups excluding tert-OH is 2. The molecule has 2 N–H and O–H groups in total. The Balaban J connectivity index is 2.16. The Morgan fingerprint density at radius 1 is 0.750 bits per heavy atom. The first-order valence-corrected chi connectivity index (χ1v) is 8.67. The highest BCUT2D eigenvalue weighted by Crippen LogP contribution is 2.41. The highest BCUT2D eigenvalue weighted by Gasteiger charge is 2.08. The second-order valence-electron chi connectivity index (χ2n) is 3.99. The zero-order chi connectivity index (χ0) is 14.5. The van der Waals surface area contributed by atoms with E-state index in [1.165, 1.54) is 21.6 Å². The van der Waals surface area contributed by atoms with Crippen molar-refractivity contribution in [2.75, 3.05) is 0 Å². The van der Waals surface area contributed by atoms with Gasteiger partial charge in [-0.15, -0.1) is 0 Å². The second kappa shape index (κ2) is 7.59. The van der Waals surface area contributed by atoms with Crippen molar-refractivity contribution in [2.45, 2.75) is 23.0 Å². The fourth-order valence-electron chi connectivity index (χ4n) is 1.60. The first-order chi connectivity index (χ1) is 9.63. The molecule has 6 heteroatoms. The van der Waals surface area contributed by atoms with Crippen LogP contribution in [0.4, 0.5) is 0 Å². The van der Waals surface area contributed by atoms with Crippen LogP contribution in [0, 0.1) is 0 Å². The van der Waals surface area contributed by atoms with Crippen LogP contribution in [0.5, 0.6) is 0 Å². The molecule has 2 nitrogen and oxygen atoms in total. The minimum absolute atomic E-state index is 0.0586. The third-order valence-corrected chi connectivity index (χ3v) is 5.64. The molecule has 2 aromatic rings. The third kappa shape index (κ3) is 4.07. The fraction of sp³-hybridized carbons (Fsp3) is 0.143. The van der Waals surface area contributed by atoms with Gasteiger partial charge in [0.05, 0.1) is 13.2 Å². The van der Waals surface area contributed by atoms with Gasteiger partial charge in [-0.3, -0.25) is 0 Å². The molecule has 0 unspecified atom stereocenters. The van der Waals surface area contributed by atoms with Crippen molar-refractivity contribution in [3.63, 3.8) is 0 Å². The van der Waals surface area contributed by atoms with Gasteiger partial charge in [-0.25, -0.2) is 0 Å². The quantitative estimate of drug-likeness (QED) is 0.764. The smallest absolute Gasteiger partial charge is 0.0693 e. The van der Waals surface area contributed by atoms with Crippen molar-refractivity contribution >= 4 is 44.8 Å². The molecule has 0 saturated carbocycles. The zero-order valence-corrected chi connectivity index (χ0v) is 13.5. The minimum atomic E-state index is -0.0586. The molecule has 0 radical (unpaired) electrons. The van der Waals surface area contributed by atoms with Crippen LogP contribution in [0.15, 0.2) is 46.2 Å². The lowest BCUT2D eigenvalue weighted by atomic mass is 10.2. The zero-order valence-electron chi connectivity index (χ0n) is 10.3. The van der Waals surface area contributed by atoms with Crippen LogP contribution < -0.4 is 0 Å². The maximum absolute atomic E-state index is 9.34. The Morgan fingerprint density at radius 2 is 1.15 bits per heavy atom. The standard InChI is InChI=1S/C14H12Cl2O2S2/c15-11-1-3-13(9(5-11)7-17)19-20-14-4-2-12(16)6-10(14)8-18/h1-6,17-18H,7-8H2. The van der Waals surface area contributed by atoms with E-state index < -0.39 is 0 Å². The summed E-state index contributed by atoms with van der Waals surface area (Å²) in [6.07, 6.45) is 0. The van der Waals surface area contributed by atoms with Gasteiger partial charge < -0.3 is 10.2 Å². The number of benzene rings is 2. The summed E-state index contributed by atoms with van der Waals surface area (Å²) in [6, 6.07) is 10.8. The topological polar surface area (TPSA) is 40.5 Å². The van der Waals surface area contributed by atoms with Crippen LogP contribution in [0.1, 0.15) is 11.1 Å². The van der Waals surface area contributed by atoms with Gasteiger partial charge in [-0.2, -0.15) is 0 Å². The highest BCUT2D eigenvalue weighted by atomic mass is 35.5. The Kier molecular flexibility index (Phi) is 6.08. The summed E-state index contributed by atoms with van der Waals surface area (Å²) in [5.74, 6) is 0. The number of rotatable bonds is 5. The predicted molar refractivity (Wildman–Crippen MR) is 86.5 cm³/mol. The molecule has 106 valence electrons. The SMILES string of the molecule is OCc1cc(Cl)ccc1SSc1ccc(Cl)cc1CO. The minimum Gasteiger partial charge on any atom is -0.392 e. The number of halogens is 2. The van der Waals surface area contributed by atoms with Gasteiger partial charge in [-0.1, -0.05) is 44.8 Å². The molecule has 0 aliphatic carbocycles. The van der Waals surface area contributed by atoms with Crippen molar-refractivity contribution < 1.29 is 10.2 Å². The number of hydrogen-bond donors (Lipinski definition) is 2. The molecule has 0 heterocycles. The lowest BCUT2D eigenvalue weighted by Gasteiger charge is -2.09. The number of hydrogen-bond acceptors (Lipinski definition) is 4. The third-order valence-electron chi connectivity index (χ3n) is 2.61. The molecule has 0 aromatic heterocycles. The lowest BCUT2D eigenvalue weighted by molar-refractivity contribution is 0.278. The number of aliphatic hydroxyl groups is 2. The van der Waals surface area contributed by atoms with Crippen LogP contribution in [0.2, 0.25) is 10.0 Å². The summed E-state index contributed by atoms with van der Waals surface area (Å²) in [5, 5.41) is 19.9. The molecule has 0 aliphatic rings. The van der Waals surface area contributed by atoms with Crippen molar-refractivity contribution in [3.8, 4) is 0 Å². The molecule has 0 amide bonds. The molecule has 0 aliphatic heterocycles. The largest absolute Gasteiger partial charge is 0.392 e. The molecule has 0 fully saturated rings. The molecule has 0 bridgehead atoms. The first-order valence-electron chi connectivity index (χ1n) is 5.77. The normalized spacial score (nSPS) is 10.8. The van der Waals surface area contributed by atoms with Gasteiger partial charge in [0.25, 0.3) is 0 Å². The summed E-state index contributed by atoms with van der Waals surface area (Å²) in [4.78, 5) is 1.89. The van der Waals surface area contributed by atoms with Crippen molar-refractivity contribution in [2.24, 2.45) is 0 Å². The van der Waals surface area contributed by atoms with Crippen molar-refractivity contribution in [1.29, 1.82) is 0 Å². The van der Waals surface area contributed by atoms with Crippen LogP contribution in [-0.4, -0.2) is 10.2 Å². The molecule has 0 spiro atoms. The Labute approximate surface area is 135 Å². The van der Waals surface area contributed by atoms with Crippen LogP contribution in [0.3, 0.4) is 0 Å². The Hall–Kier alpha value is -0.360. The molecule has 0 saturated heterocycles. The van der Waals surface area contributed by atoms with E-state index >= 15 is 0 Å². The summed E-state index contributed by atoms with van der Waals surface area (Å²) >= 11 is 11.8. The van der Waals surface area contributed by atoms with Crippen molar-refractivity contribution in [1.82, 2.24) is 0 Å². The predicted octanol–water partition coefficient (Wildman–Crippen LogP) is 4.78. The van der Waals surface area contributed by atoms with Gasteiger partial charge in [0.15, 0.2) is 0 Å². The Bertz CT molecular complexity index is 552. The average molecular weight is 347 g/mol. The van der Waals surface area contributed by atoms with Gasteiger partial charge in [0, 0.05) is 19.8 Å². The summed E-state index contributed by atoms with van der Waals surface area (Å²) in [6.45, 7) is -0.117. The monoisotopic (exact) mass is 346 g/mol. The van der Waals surface area contributed by atoms with E-state index in [1.54, 1.807) is 24.3 Å². The van der Waals surface area contributed by atoms with Gasteiger partial charge in [-0.05, 0) is 47.5 Å². The van der Waals surface area contributed by atoms with Crippen molar-refractivity contribution in [3.05, 3.63) is 57.6 Å². The molecular weight excluding hydrogens is 335 g/mol. The fourth-order valence-corrected chi connectivity index (χ4v) is 4.39. The molecule has 20 heavy (non-hydrogen) atoms. The van der Waals surface area contributed by atoms with Gasteiger partial charge >= 0.3 is 0 Å². The molecule has 2 aromatic carbocycles. The van der Waals surface area contributed by atoms with E-state index in [1.807, 2.05) is 12.1 Å². The lowest BCUT2D eigenvalue weighted by Crippen LogP contribution is -1.88. The van der Waals surface area contributed by atoms with E-state index in [-0.39, 0.29) is 13.2 Å². The van der Waals surface area contributed by atoms with Gasteiger partial charge in [0.2, 0.25) is 0 Å². The van der Waals surface area contributed by atoms with E-state index in [4.69, 9.17) is 23.2 Å². The average Bonchev–Trinajstić information content (AvgIpc) is 2.46. The van der Waals surface area contributed by atoms with E-state index in [2.05, 4.69) is 0 Å². The van der Waals surface area contributed by atoms with Crippen LogP contribution in [0.25, 0.3) is 0 Å². The highest BCUT2D eigenvalue weighted by molar-refractivity contribution is 8.76. The Morgan fingerprint density at radius 3 is 1.50 bits per heavy atom. The summed E-state index contributed by atoms with van der Waals surface area (Å²) in [5.41, 5.74) is 1.57. The maximum Gasteiger partial charge on any atom is 0.0693 e. The second-order valence-corrected chi connectivity index (χ2v) is 7.07. The van der Waals surface area contributed by atoms with E-state index in [0.29, 0.717) is 10.0 Å². The van der Waals surface area contributed by atoms with Crippen LogP contribution in [-0.2, 0) is 13.2 Å². The summed E-state index contributed by atoms with van der Waals surface area (Å²) < 4.78 is 0. The first kappa shape index (κ1) is 16.0. The van der Waals surface area contributed by atoms with E-state index in [0.717, 1.165) is 20.9 Å².